The van der Waals surface area contributed by atoms with Crippen molar-refractivity contribution in [1.82, 2.24) is 10.3 Å². The average molecular weight is 204 g/mol. The molecule has 0 atom stereocenters. The molecule has 0 spiro atoms. The molecule has 1 heterocycles. The quantitative estimate of drug-likeness (QED) is 0.746. The Bertz CT molecular complexity index is 265. The van der Waals surface area contributed by atoms with Crippen molar-refractivity contribution in [2.45, 2.75) is 44.6 Å². The van der Waals surface area contributed by atoms with Crippen molar-refractivity contribution >= 4 is 0 Å². The number of aromatic nitrogens is 1. The van der Waals surface area contributed by atoms with E-state index in [2.05, 4.69) is 22.4 Å². The van der Waals surface area contributed by atoms with Crippen molar-refractivity contribution in [3.63, 3.8) is 0 Å². The Kier molecular flexibility index (Phi) is 4.15. The van der Waals surface area contributed by atoms with Crippen molar-refractivity contribution in [3.05, 3.63) is 30.1 Å². The van der Waals surface area contributed by atoms with Gasteiger partial charge in [-0.25, -0.2) is 0 Å². The predicted molar refractivity (Wildman–Crippen MR) is 62.8 cm³/mol. The Labute approximate surface area is 92.1 Å². The van der Waals surface area contributed by atoms with E-state index in [1.807, 2.05) is 12.3 Å². The van der Waals surface area contributed by atoms with Crippen LogP contribution in [0.5, 0.6) is 0 Å². The molecule has 0 aliphatic heterocycles. The van der Waals surface area contributed by atoms with Gasteiger partial charge in [0.15, 0.2) is 0 Å². The van der Waals surface area contributed by atoms with E-state index in [1.165, 1.54) is 37.8 Å². The van der Waals surface area contributed by atoms with E-state index < -0.39 is 0 Å². The van der Waals surface area contributed by atoms with E-state index in [0.717, 1.165) is 19.0 Å². The van der Waals surface area contributed by atoms with Crippen molar-refractivity contribution in [1.29, 1.82) is 0 Å². The molecule has 0 aromatic carbocycles. The van der Waals surface area contributed by atoms with Crippen LogP contribution in [0.2, 0.25) is 0 Å². The molecule has 1 aliphatic carbocycles. The van der Waals surface area contributed by atoms with Crippen LogP contribution < -0.4 is 5.32 Å². The Morgan fingerprint density at radius 3 is 2.87 bits per heavy atom. The molecule has 82 valence electrons. The fraction of sp³-hybridized carbons (Fsp3) is 0.615. The van der Waals surface area contributed by atoms with Crippen LogP contribution in [0.4, 0.5) is 0 Å². The lowest BCUT2D eigenvalue weighted by molar-refractivity contribution is 0.514. The number of nitrogens with one attached hydrogen (secondary N) is 1. The van der Waals surface area contributed by atoms with E-state index in [1.54, 1.807) is 0 Å². The van der Waals surface area contributed by atoms with E-state index in [4.69, 9.17) is 0 Å². The summed E-state index contributed by atoms with van der Waals surface area (Å²) in [5, 5.41) is 3.62. The lowest BCUT2D eigenvalue weighted by atomic mass is 10.2. The summed E-state index contributed by atoms with van der Waals surface area (Å²) in [4.78, 5) is 4.32. The Balaban J connectivity index is 1.59. The first-order valence-corrected chi connectivity index (χ1v) is 6.08. The van der Waals surface area contributed by atoms with Gasteiger partial charge in [-0.05, 0) is 44.4 Å². The summed E-state index contributed by atoms with van der Waals surface area (Å²) in [7, 11) is 0. The third kappa shape index (κ3) is 3.63. The van der Waals surface area contributed by atoms with Crippen LogP contribution in [-0.4, -0.2) is 17.6 Å². The normalized spacial score (nSPS) is 17.1. The topological polar surface area (TPSA) is 24.9 Å². The highest BCUT2D eigenvalue weighted by Gasteiger charge is 2.12. The zero-order valence-electron chi connectivity index (χ0n) is 9.28. The second-order valence-electron chi connectivity index (χ2n) is 4.36. The van der Waals surface area contributed by atoms with E-state index in [-0.39, 0.29) is 0 Å². The molecule has 1 saturated carbocycles. The molecule has 1 fully saturated rings. The van der Waals surface area contributed by atoms with Crippen LogP contribution in [0.15, 0.2) is 24.4 Å². The van der Waals surface area contributed by atoms with Crippen molar-refractivity contribution in [3.8, 4) is 0 Å². The summed E-state index contributed by atoms with van der Waals surface area (Å²) < 4.78 is 0. The minimum Gasteiger partial charge on any atom is -0.314 e. The average Bonchev–Trinajstić information content (AvgIpc) is 2.79. The number of hydrogen-bond donors (Lipinski definition) is 1. The second kappa shape index (κ2) is 5.86. The van der Waals surface area contributed by atoms with E-state index in [9.17, 15) is 0 Å². The van der Waals surface area contributed by atoms with Crippen LogP contribution >= 0.6 is 0 Å². The zero-order valence-corrected chi connectivity index (χ0v) is 9.28. The van der Waals surface area contributed by atoms with Gasteiger partial charge in [0.05, 0.1) is 0 Å². The molecule has 1 aromatic heterocycles. The van der Waals surface area contributed by atoms with Gasteiger partial charge in [0.1, 0.15) is 0 Å². The summed E-state index contributed by atoms with van der Waals surface area (Å²) in [6.07, 6.45) is 9.76. The van der Waals surface area contributed by atoms with E-state index >= 15 is 0 Å². The van der Waals surface area contributed by atoms with Crippen LogP contribution in [0.3, 0.4) is 0 Å². The first-order chi connectivity index (χ1) is 7.45. The third-order valence-corrected chi connectivity index (χ3v) is 3.12. The molecule has 2 nitrogen and oxygen atoms in total. The molecule has 2 rings (SSSR count). The molecule has 1 N–H and O–H groups in total. The summed E-state index contributed by atoms with van der Waals surface area (Å²) >= 11 is 0. The molecule has 0 radical (unpaired) electrons. The van der Waals surface area contributed by atoms with Gasteiger partial charge < -0.3 is 5.32 Å². The molecule has 0 unspecified atom stereocenters. The highest BCUT2D eigenvalue weighted by molar-refractivity contribution is 5.03. The third-order valence-electron chi connectivity index (χ3n) is 3.12. The first kappa shape index (κ1) is 10.6. The van der Waals surface area contributed by atoms with Crippen molar-refractivity contribution < 1.29 is 0 Å². The molecule has 15 heavy (non-hydrogen) atoms. The summed E-state index contributed by atoms with van der Waals surface area (Å²) in [6, 6.07) is 6.94. The standard InChI is InChI=1S/C13H20N2/c1-2-7-12(6-1)15-11-5-9-13-8-3-4-10-14-13/h3-4,8,10,12,15H,1-2,5-7,9,11H2. The SMILES string of the molecule is c1ccc(CCCNC2CCCC2)nc1. The monoisotopic (exact) mass is 204 g/mol. The second-order valence-corrected chi connectivity index (χ2v) is 4.36. The maximum absolute atomic E-state index is 4.32. The van der Waals surface area contributed by atoms with Gasteiger partial charge in [-0.2, -0.15) is 0 Å². The largest absolute Gasteiger partial charge is 0.314 e. The molecule has 2 heteroatoms. The molecular weight excluding hydrogens is 184 g/mol. The summed E-state index contributed by atoms with van der Waals surface area (Å²) in [6.45, 7) is 1.14. The smallest absolute Gasteiger partial charge is 0.0404 e. The predicted octanol–water partition coefficient (Wildman–Crippen LogP) is 2.55. The highest BCUT2D eigenvalue weighted by atomic mass is 14.9. The number of aryl methyl sites for hydroxylation is 1. The number of hydrogen-bond acceptors (Lipinski definition) is 2. The van der Waals surface area contributed by atoms with Crippen LogP contribution in [0.1, 0.15) is 37.8 Å². The molecule has 1 aromatic rings. The maximum Gasteiger partial charge on any atom is 0.0404 e. The summed E-state index contributed by atoms with van der Waals surface area (Å²) in [5.74, 6) is 0. The highest BCUT2D eigenvalue weighted by Crippen LogP contribution is 2.17. The lowest BCUT2D eigenvalue weighted by Gasteiger charge is -2.10. The van der Waals surface area contributed by atoms with Gasteiger partial charge >= 0.3 is 0 Å². The van der Waals surface area contributed by atoms with Crippen molar-refractivity contribution in [2.24, 2.45) is 0 Å². The van der Waals surface area contributed by atoms with Gasteiger partial charge in [0, 0.05) is 17.9 Å². The Morgan fingerprint density at radius 1 is 1.27 bits per heavy atom. The van der Waals surface area contributed by atoms with Gasteiger partial charge in [-0.1, -0.05) is 18.9 Å². The number of nitrogens with zero attached hydrogens (tertiary/aromatic N) is 1. The van der Waals surface area contributed by atoms with E-state index in [0.29, 0.717) is 0 Å². The lowest BCUT2D eigenvalue weighted by Crippen LogP contribution is -2.27. The van der Waals surface area contributed by atoms with Gasteiger partial charge in [0.25, 0.3) is 0 Å². The zero-order chi connectivity index (χ0) is 10.3. The van der Waals surface area contributed by atoms with Crippen LogP contribution in [0, 0.1) is 0 Å². The maximum atomic E-state index is 4.32. The number of rotatable bonds is 5. The minimum absolute atomic E-state index is 0.800. The van der Waals surface area contributed by atoms with Crippen LogP contribution in [-0.2, 0) is 6.42 Å². The molecule has 0 amide bonds. The van der Waals surface area contributed by atoms with Crippen LogP contribution in [0.25, 0.3) is 0 Å². The minimum atomic E-state index is 0.800. The summed E-state index contributed by atoms with van der Waals surface area (Å²) in [5.41, 5.74) is 1.21. The molecule has 0 bridgehead atoms. The van der Waals surface area contributed by atoms with Gasteiger partial charge in [-0.3, -0.25) is 4.98 Å². The fourth-order valence-corrected chi connectivity index (χ4v) is 2.25. The molecular formula is C13H20N2. The Hall–Kier alpha value is -0.890. The molecule has 0 saturated heterocycles. The van der Waals surface area contributed by atoms with Gasteiger partial charge in [-0.15, -0.1) is 0 Å². The molecule has 1 aliphatic rings. The van der Waals surface area contributed by atoms with Gasteiger partial charge in [0.2, 0.25) is 0 Å². The fourth-order valence-electron chi connectivity index (χ4n) is 2.25. The first-order valence-electron chi connectivity index (χ1n) is 6.08. The Morgan fingerprint density at radius 2 is 2.13 bits per heavy atom. The van der Waals surface area contributed by atoms with Crippen molar-refractivity contribution in [2.75, 3.05) is 6.54 Å². The number of pyridine rings is 1.